The molecule has 0 aromatic rings. The molecule has 0 radical (unpaired) electrons. The number of aliphatic carboxylic acids is 1. The van der Waals surface area contributed by atoms with Crippen LogP contribution < -0.4 is 0 Å². The molecule has 1 aliphatic rings. The van der Waals surface area contributed by atoms with E-state index >= 15 is 0 Å². The SMILES string of the molecule is O=C(O)CCCCCCC(=O)OC[C@@H](O)[C@H]1OC(=O)C(O)=C1O. The van der Waals surface area contributed by atoms with Crippen molar-refractivity contribution in [1.29, 1.82) is 0 Å². The van der Waals surface area contributed by atoms with Gasteiger partial charge in [-0.15, -0.1) is 0 Å². The number of cyclic esters (lactones) is 1. The van der Waals surface area contributed by atoms with Gasteiger partial charge in [-0.05, 0) is 12.8 Å². The number of ether oxygens (including phenoxy) is 2. The average Bonchev–Trinajstić information content (AvgIpc) is 2.75. The maximum absolute atomic E-state index is 11.5. The molecule has 130 valence electrons. The van der Waals surface area contributed by atoms with Gasteiger partial charge < -0.3 is 29.9 Å². The van der Waals surface area contributed by atoms with E-state index in [0.717, 1.165) is 0 Å². The molecule has 0 aliphatic carbocycles. The zero-order valence-corrected chi connectivity index (χ0v) is 12.4. The molecule has 9 nitrogen and oxygen atoms in total. The number of hydrogen-bond donors (Lipinski definition) is 4. The van der Waals surface area contributed by atoms with E-state index in [0.29, 0.717) is 25.7 Å². The Balaban J connectivity index is 2.16. The van der Waals surface area contributed by atoms with Crippen LogP contribution in [0.25, 0.3) is 0 Å². The largest absolute Gasteiger partial charge is 0.505 e. The van der Waals surface area contributed by atoms with Crippen LogP contribution in [0.15, 0.2) is 11.5 Å². The summed E-state index contributed by atoms with van der Waals surface area (Å²) < 4.78 is 9.31. The smallest absolute Gasteiger partial charge is 0.377 e. The number of carbonyl (C=O) groups excluding carboxylic acids is 2. The summed E-state index contributed by atoms with van der Waals surface area (Å²) >= 11 is 0. The average molecular weight is 332 g/mol. The summed E-state index contributed by atoms with van der Waals surface area (Å²) in [4.78, 5) is 32.7. The van der Waals surface area contributed by atoms with E-state index < -0.39 is 48.2 Å². The Labute approximate surface area is 132 Å². The second-order valence-electron chi connectivity index (χ2n) is 5.12. The maximum atomic E-state index is 11.5. The maximum Gasteiger partial charge on any atom is 0.377 e. The first-order valence-corrected chi connectivity index (χ1v) is 7.21. The number of esters is 2. The lowest BCUT2D eigenvalue weighted by molar-refractivity contribution is -0.154. The molecule has 1 aliphatic heterocycles. The van der Waals surface area contributed by atoms with Gasteiger partial charge in [-0.1, -0.05) is 12.8 Å². The van der Waals surface area contributed by atoms with Crippen molar-refractivity contribution in [2.24, 2.45) is 0 Å². The highest BCUT2D eigenvalue weighted by atomic mass is 16.6. The molecule has 0 aromatic heterocycles. The van der Waals surface area contributed by atoms with Crippen molar-refractivity contribution in [2.75, 3.05) is 6.61 Å². The van der Waals surface area contributed by atoms with Crippen LogP contribution in [0.1, 0.15) is 38.5 Å². The van der Waals surface area contributed by atoms with Gasteiger partial charge in [0.05, 0.1) is 0 Å². The van der Waals surface area contributed by atoms with E-state index in [-0.39, 0.29) is 12.8 Å². The minimum Gasteiger partial charge on any atom is -0.505 e. The zero-order chi connectivity index (χ0) is 17.4. The number of carbonyl (C=O) groups is 3. The van der Waals surface area contributed by atoms with Gasteiger partial charge in [0, 0.05) is 12.8 Å². The van der Waals surface area contributed by atoms with Crippen molar-refractivity contribution in [3.05, 3.63) is 11.5 Å². The molecular formula is C14H20O9. The molecule has 0 fully saturated rings. The number of unbranched alkanes of at least 4 members (excludes halogenated alkanes) is 3. The van der Waals surface area contributed by atoms with Gasteiger partial charge in [-0.25, -0.2) is 4.79 Å². The number of aliphatic hydroxyl groups is 3. The van der Waals surface area contributed by atoms with E-state index in [4.69, 9.17) is 14.9 Å². The van der Waals surface area contributed by atoms with Gasteiger partial charge in [0.1, 0.15) is 12.7 Å². The lowest BCUT2D eigenvalue weighted by atomic mass is 10.1. The predicted octanol–water partition coefficient (Wildman–Crippen LogP) is 0.569. The standard InChI is InChI=1S/C14H20O9/c15-8(13-11(19)12(20)14(21)23-13)7-22-10(18)6-4-2-1-3-5-9(16)17/h8,13,15,19-20H,1-7H2,(H,16,17)/t8-,13-/m1/s1. The highest BCUT2D eigenvalue weighted by molar-refractivity contribution is 5.89. The molecule has 0 amide bonds. The fourth-order valence-corrected chi connectivity index (χ4v) is 1.96. The molecule has 2 atom stereocenters. The third-order valence-electron chi connectivity index (χ3n) is 3.23. The second kappa shape index (κ2) is 8.99. The first-order valence-electron chi connectivity index (χ1n) is 7.21. The summed E-state index contributed by atoms with van der Waals surface area (Å²) in [5.41, 5.74) is 0. The third kappa shape index (κ3) is 6.15. The Hall–Kier alpha value is -2.29. The summed E-state index contributed by atoms with van der Waals surface area (Å²) in [6.45, 7) is -0.493. The molecule has 23 heavy (non-hydrogen) atoms. The molecule has 9 heteroatoms. The van der Waals surface area contributed by atoms with Crippen LogP contribution in [0, 0.1) is 0 Å². The molecule has 0 saturated carbocycles. The van der Waals surface area contributed by atoms with Crippen LogP contribution >= 0.6 is 0 Å². The summed E-state index contributed by atoms with van der Waals surface area (Å²) in [5.74, 6) is -4.34. The fraction of sp³-hybridized carbons (Fsp3) is 0.643. The number of aliphatic hydroxyl groups excluding tert-OH is 3. The van der Waals surface area contributed by atoms with Gasteiger partial charge in [-0.2, -0.15) is 0 Å². The monoisotopic (exact) mass is 332 g/mol. The quantitative estimate of drug-likeness (QED) is 0.332. The second-order valence-corrected chi connectivity index (χ2v) is 5.12. The first-order chi connectivity index (χ1) is 10.8. The Morgan fingerprint density at radius 1 is 1.13 bits per heavy atom. The van der Waals surface area contributed by atoms with E-state index in [2.05, 4.69) is 4.74 Å². The summed E-state index contributed by atoms with van der Waals surface area (Å²) in [6, 6.07) is 0. The Morgan fingerprint density at radius 3 is 2.26 bits per heavy atom. The van der Waals surface area contributed by atoms with Crippen LogP contribution in [0.4, 0.5) is 0 Å². The first kappa shape index (κ1) is 18.8. The number of carboxylic acid groups (broad SMARTS) is 1. The molecule has 0 saturated heterocycles. The predicted molar refractivity (Wildman–Crippen MR) is 74.5 cm³/mol. The van der Waals surface area contributed by atoms with Crippen molar-refractivity contribution in [3.8, 4) is 0 Å². The van der Waals surface area contributed by atoms with Gasteiger partial charge in [0.2, 0.25) is 5.76 Å². The normalized spacial score (nSPS) is 18.7. The van der Waals surface area contributed by atoms with Crippen molar-refractivity contribution in [1.82, 2.24) is 0 Å². The fourth-order valence-electron chi connectivity index (χ4n) is 1.96. The van der Waals surface area contributed by atoms with E-state index in [1.165, 1.54) is 0 Å². The number of rotatable bonds is 10. The Bertz CT molecular complexity index is 483. The van der Waals surface area contributed by atoms with Crippen LogP contribution in [-0.2, 0) is 23.9 Å². The summed E-state index contributed by atoms with van der Waals surface area (Å²) in [5, 5.41) is 36.6. The lowest BCUT2D eigenvalue weighted by Gasteiger charge is -2.17. The van der Waals surface area contributed by atoms with Crippen LogP contribution in [0.3, 0.4) is 0 Å². The molecule has 0 spiro atoms. The number of carboxylic acids is 1. The van der Waals surface area contributed by atoms with E-state index in [1.807, 2.05) is 0 Å². The summed E-state index contributed by atoms with van der Waals surface area (Å²) in [6.07, 6.45) is -0.280. The number of hydrogen-bond acceptors (Lipinski definition) is 8. The van der Waals surface area contributed by atoms with Crippen molar-refractivity contribution < 1.29 is 44.3 Å². The highest BCUT2D eigenvalue weighted by Gasteiger charge is 2.39. The van der Waals surface area contributed by atoms with Crippen LogP contribution in [0.5, 0.6) is 0 Å². The molecule has 0 bridgehead atoms. The highest BCUT2D eigenvalue weighted by Crippen LogP contribution is 2.21. The Morgan fingerprint density at radius 2 is 1.74 bits per heavy atom. The molecule has 4 N–H and O–H groups in total. The van der Waals surface area contributed by atoms with Gasteiger partial charge >= 0.3 is 17.9 Å². The van der Waals surface area contributed by atoms with E-state index in [1.54, 1.807) is 0 Å². The molecular weight excluding hydrogens is 312 g/mol. The topological polar surface area (TPSA) is 151 Å². The van der Waals surface area contributed by atoms with Crippen molar-refractivity contribution in [3.63, 3.8) is 0 Å². The van der Waals surface area contributed by atoms with Crippen molar-refractivity contribution >= 4 is 17.9 Å². The van der Waals surface area contributed by atoms with Crippen LogP contribution in [-0.4, -0.2) is 57.1 Å². The molecule has 1 heterocycles. The van der Waals surface area contributed by atoms with Gasteiger partial charge in [-0.3, -0.25) is 9.59 Å². The summed E-state index contributed by atoms with van der Waals surface area (Å²) in [7, 11) is 0. The molecule has 0 aromatic carbocycles. The lowest BCUT2D eigenvalue weighted by Crippen LogP contribution is -2.33. The minimum atomic E-state index is -1.48. The third-order valence-corrected chi connectivity index (χ3v) is 3.23. The van der Waals surface area contributed by atoms with Gasteiger partial charge in [0.25, 0.3) is 0 Å². The van der Waals surface area contributed by atoms with Gasteiger partial charge in [0.15, 0.2) is 11.9 Å². The minimum absolute atomic E-state index is 0.0978. The molecule has 0 unspecified atom stereocenters. The molecule has 1 rings (SSSR count). The zero-order valence-electron chi connectivity index (χ0n) is 12.4. The van der Waals surface area contributed by atoms with Crippen molar-refractivity contribution in [2.45, 2.75) is 50.7 Å². The van der Waals surface area contributed by atoms with Crippen LogP contribution in [0.2, 0.25) is 0 Å². The Kier molecular flexibility index (Phi) is 7.33. The van der Waals surface area contributed by atoms with E-state index in [9.17, 15) is 24.6 Å².